The molecule has 0 aliphatic heterocycles. The van der Waals surface area contributed by atoms with Crippen LogP contribution in [0.1, 0.15) is 26.7 Å². The second kappa shape index (κ2) is 7.08. The lowest BCUT2D eigenvalue weighted by atomic mass is 9.86. The monoisotopic (exact) mass is 226 g/mol. The van der Waals surface area contributed by atoms with E-state index in [-0.39, 0.29) is 0 Å². The van der Waals surface area contributed by atoms with Crippen molar-refractivity contribution in [2.45, 2.75) is 26.7 Å². The Bertz CT molecular complexity index is 201. The van der Waals surface area contributed by atoms with Gasteiger partial charge in [-0.05, 0) is 36.5 Å². The Morgan fingerprint density at radius 3 is 2.62 bits per heavy atom. The maximum absolute atomic E-state index is 5.67. The third-order valence-corrected chi connectivity index (χ3v) is 3.74. The zero-order chi connectivity index (χ0) is 12.0. The molecule has 0 amide bonds. The first-order valence-corrected chi connectivity index (χ1v) is 6.38. The SMILES string of the molecule is C=CC1CC(COCCOC)C(C(C)C)C1. The summed E-state index contributed by atoms with van der Waals surface area (Å²) in [7, 11) is 1.71. The van der Waals surface area contributed by atoms with Crippen molar-refractivity contribution >= 4 is 0 Å². The van der Waals surface area contributed by atoms with E-state index in [1.807, 2.05) is 0 Å². The van der Waals surface area contributed by atoms with E-state index >= 15 is 0 Å². The molecule has 0 aromatic rings. The minimum atomic E-state index is 0.698. The number of hydrogen-bond acceptors (Lipinski definition) is 2. The Kier molecular flexibility index (Phi) is 6.07. The summed E-state index contributed by atoms with van der Waals surface area (Å²) in [5.41, 5.74) is 0. The summed E-state index contributed by atoms with van der Waals surface area (Å²) in [5.74, 6) is 2.95. The molecule has 0 bridgehead atoms. The van der Waals surface area contributed by atoms with E-state index in [2.05, 4.69) is 26.5 Å². The van der Waals surface area contributed by atoms with Gasteiger partial charge < -0.3 is 9.47 Å². The second-order valence-electron chi connectivity index (χ2n) is 5.20. The maximum atomic E-state index is 5.67. The van der Waals surface area contributed by atoms with Crippen LogP contribution in [0.5, 0.6) is 0 Å². The van der Waals surface area contributed by atoms with Crippen molar-refractivity contribution in [3.05, 3.63) is 12.7 Å². The third kappa shape index (κ3) is 3.91. The lowest BCUT2D eigenvalue weighted by Crippen LogP contribution is -2.20. The predicted molar refractivity (Wildman–Crippen MR) is 67.4 cm³/mol. The summed E-state index contributed by atoms with van der Waals surface area (Å²) in [6, 6.07) is 0. The molecular weight excluding hydrogens is 200 g/mol. The van der Waals surface area contributed by atoms with E-state index in [0.29, 0.717) is 18.4 Å². The molecule has 16 heavy (non-hydrogen) atoms. The average Bonchev–Trinajstić information content (AvgIpc) is 2.68. The van der Waals surface area contributed by atoms with Crippen LogP contribution in [0, 0.1) is 23.7 Å². The molecular formula is C14H26O2. The smallest absolute Gasteiger partial charge is 0.0700 e. The van der Waals surface area contributed by atoms with Crippen molar-refractivity contribution in [3.63, 3.8) is 0 Å². The van der Waals surface area contributed by atoms with Gasteiger partial charge in [0.25, 0.3) is 0 Å². The van der Waals surface area contributed by atoms with Crippen LogP contribution in [-0.4, -0.2) is 26.9 Å². The Hall–Kier alpha value is -0.340. The minimum absolute atomic E-state index is 0.698. The highest BCUT2D eigenvalue weighted by atomic mass is 16.5. The zero-order valence-corrected chi connectivity index (χ0v) is 10.9. The summed E-state index contributed by atoms with van der Waals surface area (Å²) in [6.07, 6.45) is 4.66. The van der Waals surface area contributed by atoms with Crippen molar-refractivity contribution in [3.8, 4) is 0 Å². The highest BCUT2D eigenvalue weighted by molar-refractivity contribution is 4.92. The molecule has 0 aromatic carbocycles. The van der Waals surface area contributed by atoms with Crippen LogP contribution in [0.3, 0.4) is 0 Å². The molecule has 1 aliphatic carbocycles. The Morgan fingerprint density at radius 1 is 1.31 bits per heavy atom. The molecule has 0 aromatic heterocycles. The molecule has 3 atom stereocenters. The minimum Gasteiger partial charge on any atom is -0.382 e. The molecule has 0 spiro atoms. The van der Waals surface area contributed by atoms with Gasteiger partial charge in [-0.15, -0.1) is 6.58 Å². The Balaban J connectivity index is 2.34. The lowest BCUT2D eigenvalue weighted by molar-refractivity contribution is 0.0387. The first-order chi connectivity index (χ1) is 7.69. The zero-order valence-electron chi connectivity index (χ0n) is 10.9. The maximum Gasteiger partial charge on any atom is 0.0700 e. The topological polar surface area (TPSA) is 18.5 Å². The van der Waals surface area contributed by atoms with Crippen LogP contribution in [0.25, 0.3) is 0 Å². The Morgan fingerprint density at radius 2 is 2.06 bits per heavy atom. The molecule has 0 radical (unpaired) electrons. The number of ether oxygens (including phenoxy) is 2. The molecule has 2 nitrogen and oxygen atoms in total. The molecule has 1 fully saturated rings. The summed E-state index contributed by atoms with van der Waals surface area (Å²) in [6.45, 7) is 10.9. The highest BCUT2D eigenvalue weighted by Crippen LogP contribution is 2.41. The van der Waals surface area contributed by atoms with Crippen LogP contribution in [0.2, 0.25) is 0 Å². The first kappa shape index (κ1) is 13.7. The van der Waals surface area contributed by atoms with Crippen LogP contribution in [-0.2, 0) is 9.47 Å². The third-order valence-electron chi connectivity index (χ3n) is 3.74. The van der Waals surface area contributed by atoms with E-state index < -0.39 is 0 Å². The molecule has 0 saturated heterocycles. The quantitative estimate of drug-likeness (QED) is 0.490. The normalized spacial score (nSPS) is 29.9. The average molecular weight is 226 g/mol. The van der Waals surface area contributed by atoms with Crippen LogP contribution in [0.4, 0.5) is 0 Å². The van der Waals surface area contributed by atoms with Crippen LogP contribution >= 0.6 is 0 Å². The van der Waals surface area contributed by atoms with Gasteiger partial charge in [0.15, 0.2) is 0 Å². The first-order valence-electron chi connectivity index (χ1n) is 6.38. The summed E-state index contributed by atoms with van der Waals surface area (Å²) in [5, 5.41) is 0. The van der Waals surface area contributed by atoms with E-state index in [1.54, 1.807) is 7.11 Å². The van der Waals surface area contributed by atoms with Crippen molar-refractivity contribution in [1.82, 2.24) is 0 Å². The number of allylic oxidation sites excluding steroid dienone is 1. The largest absolute Gasteiger partial charge is 0.382 e. The van der Waals surface area contributed by atoms with Gasteiger partial charge >= 0.3 is 0 Å². The molecule has 0 heterocycles. The number of methoxy groups -OCH3 is 1. The summed E-state index contributed by atoms with van der Waals surface area (Å²) in [4.78, 5) is 0. The summed E-state index contributed by atoms with van der Waals surface area (Å²) < 4.78 is 10.7. The van der Waals surface area contributed by atoms with E-state index in [9.17, 15) is 0 Å². The fraction of sp³-hybridized carbons (Fsp3) is 0.857. The lowest BCUT2D eigenvalue weighted by Gasteiger charge is -2.22. The molecule has 94 valence electrons. The summed E-state index contributed by atoms with van der Waals surface area (Å²) >= 11 is 0. The molecule has 1 saturated carbocycles. The molecule has 1 aliphatic rings. The predicted octanol–water partition coefficient (Wildman–Crippen LogP) is 3.13. The van der Waals surface area contributed by atoms with Gasteiger partial charge in [-0.25, -0.2) is 0 Å². The number of hydrogen-bond donors (Lipinski definition) is 0. The fourth-order valence-corrected chi connectivity index (χ4v) is 2.78. The van der Waals surface area contributed by atoms with Gasteiger partial charge in [-0.2, -0.15) is 0 Å². The molecule has 2 heteroatoms. The van der Waals surface area contributed by atoms with Crippen molar-refractivity contribution in [1.29, 1.82) is 0 Å². The fourth-order valence-electron chi connectivity index (χ4n) is 2.78. The van der Waals surface area contributed by atoms with Gasteiger partial charge in [0.1, 0.15) is 0 Å². The molecule has 0 N–H and O–H groups in total. The van der Waals surface area contributed by atoms with Gasteiger partial charge in [-0.1, -0.05) is 19.9 Å². The standard InChI is InChI=1S/C14H26O2/c1-5-12-8-13(10-16-7-6-15-4)14(9-12)11(2)3/h5,11-14H,1,6-10H2,2-4H3. The van der Waals surface area contributed by atoms with Crippen LogP contribution in [0.15, 0.2) is 12.7 Å². The van der Waals surface area contributed by atoms with Gasteiger partial charge in [0.2, 0.25) is 0 Å². The van der Waals surface area contributed by atoms with Crippen LogP contribution < -0.4 is 0 Å². The molecule has 3 unspecified atom stereocenters. The Labute approximate surface area is 100 Å². The van der Waals surface area contributed by atoms with Gasteiger partial charge in [0, 0.05) is 13.7 Å². The highest BCUT2D eigenvalue weighted by Gasteiger charge is 2.34. The van der Waals surface area contributed by atoms with Crippen molar-refractivity contribution in [2.24, 2.45) is 23.7 Å². The van der Waals surface area contributed by atoms with Crippen molar-refractivity contribution < 1.29 is 9.47 Å². The second-order valence-corrected chi connectivity index (χ2v) is 5.20. The van der Waals surface area contributed by atoms with Crippen molar-refractivity contribution in [2.75, 3.05) is 26.9 Å². The van der Waals surface area contributed by atoms with Gasteiger partial charge in [0.05, 0.1) is 13.2 Å². The molecule has 1 rings (SSSR count). The van der Waals surface area contributed by atoms with E-state index in [1.165, 1.54) is 12.8 Å². The number of rotatable bonds is 7. The van der Waals surface area contributed by atoms with E-state index in [4.69, 9.17) is 9.47 Å². The van der Waals surface area contributed by atoms with Gasteiger partial charge in [-0.3, -0.25) is 0 Å². The van der Waals surface area contributed by atoms with E-state index in [0.717, 1.165) is 25.0 Å².